The molecule has 1 aromatic heterocycles. The Kier molecular flexibility index (Phi) is 7.42. The molecule has 1 aliphatic rings. The third-order valence-corrected chi connectivity index (χ3v) is 11.7. The average Bonchev–Trinajstić information content (AvgIpc) is 3.64. The zero-order valence-electron chi connectivity index (χ0n) is 28.3. The molecule has 242 valence electrons. The fourth-order valence-corrected chi connectivity index (χ4v) is 8.90. The van der Waals surface area contributed by atoms with E-state index in [9.17, 15) is 0 Å². The van der Waals surface area contributed by atoms with Crippen LogP contribution in [0.15, 0.2) is 158 Å². The van der Waals surface area contributed by atoms with Gasteiger partial charge in [0.25, 0.3) is 0 Å². The van der Waals surface area contributed by atoms with Crippen molar-refractivity contribution in [3.8, 4) is 22.3 Å². The third-order valence-electron chi connectivity index (χ3n) is 10.5. The highest BCUT2D eigenvalue weighted by Gasteiger charge is 2.37. The molecule has 1 heterocycles. The van der Waals surface area contributed by atoms with Crippen LogP contribution < -0.4 is 11.1 Å². The van der Waals surface area contributed by atoms with Crippen molar-refractivity contribution in [1.82, 2.24) is 5.32 Å². The number of nitrogens with one attached hydrogen (secondary N) is 1. The van der Waals surface area contributed by atoms with Crippen molar-refractivity contribution in [3.05, 3.63) is 186 Å². The summed E-state index contributed by atoms with van der Waals surface area (Å²) in [7, 11) is 0. The Hall–Kier alpha value is -5.48. The normalized spacial score (nSPS) is 14.2. The van der Waals surface area contributed by atoms with E-state index in [0.29, 0.717) is 0 Å². The van der Waals surface area contributed by atoms with Gasteiger partial charge in [0.05, 0.1) is 0 Å². The Morgan fingerprint density at radius 1 is 0.660 bits per heavy atom. The van der Waals surface area contributed by atoms with E-state index in [1.54, 1.807) is 0 Å². The van der Waals surface area contributed by atoms with Crippen LogP contribution in [-0.2, 0) is 11.8 Å². The first-order valence-corrected chi connectivity index (χ1v) is 18.2. The molecule has 7 aromatic carbocycles. The van der Waals surface area contributed by atoms with Gasteiger partial charge in [0.15, 0.2) is 0 Å². The zero-order valence-corrected chi connectivity index (χ0v) is 29.1. The molecule has 0 aliphatic heterocycles. The van der Waals surface area contributed by atoms with Crippen molar-refractivity contribution in [2.24, 2.45) is 5.73 Å². The highest BCUT2D eigenvalue weighted by atomic mass is 32.1. The number of hydrogen-bond acceptors (Lipinski definition) is 3. The van der Waals surface area contributed by atoms with Gasteiger partial charge in [-0.3, -0.25) is 0 Å². The SMILES string of the molecule is CC1(C)c2cc3ccccc3cc2-c2c(/C(=C/Cc3ccc(-c4ccc5sc6ccccc6c5c4)cc3)NC(N)c3ccccc3)cccc21. The first kappa shape index (κ1) is 30.6. The largest absolute Gasteiger partial charge is 0.366 e. The number of nitrogens with two attached hydrogens (primary N) is 1. The van der Waals surface area contributed by atoms with Crippen LogP contribution in [0.5, 0.6) is 0 Å². The van der Waals surface area contributed by atoms with E-state index in [1.807, 2.05) is 29.5 Å². The van der Waals surface area contributed by atoms with Crippen molar-refractivity contribution in [1.29, 1.82) is 0 Å². The predicted octanol–water partition coefficient (Wildman–Crippen LogP) is 12.0. The molecule has 0 fully saturated rings. The first-order chi connectivity index (χ1) is 24.4. The first-order valence-electron chi connectivity index (χ1n) is 17.4. The van der Waals surface area contributed by atoms with Crippen LogP contribution in [0.2, 0.25) is 0 Å². The molecule has 8 aromatic rings. The summed E-state index contributed by atoms with van der Waals surface area (Å²) in [5.41, 5.74) is 19.1. The Bertz CT molecular complexity index is 2570. The van der Waals surface area contributed by atoms with E-state index in [4.69, 9.17) is 5.73 Å². The fraction of sp³-hybridized carbons (Fsp3) is 0.106. The summed E-state index contributed by atoms with van der Waals surface area (Å²) in [6.45, 7) is 4.70. The molecular formula is C47H38N2S. The summed E-state index contributed by atoms with van der Waals surface area (Å²) >= 11 is 1.86. The van der Waals surface area contributed by atoms with Crippen LogP contribution in [0.25, 0.3) is 58.9 Å². The van der Waals surface area contributed by atoms with Crippen LogP contribution in [0.1, 0.15) is 47.8 Å². The van der Waals surface area contributed by atoms with Crippen LogP contribution in [-0.4, -0.2) is 0 Å². The minimum absolute atomic E-state index is 0.120. The lowest BCUT2D eigenvalue weighted by Gasteiger charge is -2.23. The molecular weight excluding hydrogens is 625 g/mol. The second-order valence-electron chi connectivity index (χ2n) is 14.0. The Labute approximate surface area is 297 Å². The molecule has 2 nitrogen and oxygen atoms in total. The summed E-state index contributed by atoms with van der Waals surface area (Å²) in [6, 6.07) is 55.1. The molecule has 0 saturated carbocycles. The van der Waals surface area contributed by atoms with E-state index in [-0.39, 0.29) is 11.6 Å². The van der Waals surface area contributed by atoms with E-state index < -0.39 is 0 Å². The summed E-state index contributed by atoms with van der Waals surface area (Å²) in [5.74, 6) is 0. The van der Waals surface area contributed by atoms with Gasteiger partial charge in [-0.25, -0.2) is 0 Å². The molecule has 3 heteroatoms. The van der Waals surface area contributed by atoms with Crippen LogP contribution in [0.3, 0.4) is 0 Å². The van der Waals surface area contributed by atoms with E-state index in [0.717, 1.165) is 17.7 Å². The van der Waals surface area contributed by atoms with Crippen LogP contribution >= 0.6 is 11.3 Å². The van der Waals surface area contributed by atoms with Gasteiger partial charge in [0.2, 0.25) is 0 Å². The number of rotatable bonds is 7. The number of thiophene rings is 1. The van der Waals surface area contributed by atoms with E-state index in [1.165, 1.54) is 75.5 Å². The molecule has 0 saturated heterocycles. The molecule has 1 atom stereocenters. The summed E-state index contributed by atoms with van der Waals surface area (Å²) in [5, 5.41) is 8.95. The molecule has 0 amide bonds. The van der Waals surface area contributed by atoms with Gasteiger partial charge in [0.1, 0.15) is 6.17 Å². The van der Waals surface area contributed by atoms with Crippen LogP contribution in [0.4, 0.5) is 0 Å². The summed E-state index contributed by atoms with van der Waals surface area (Å²) in [6.07, 6.45) is 2.74. The molecule has 0 spiro atoms. The maximum Gasteiger partial charge on any atom is 0.101 e. The zero-order chi connectivity index (χ0) is 33.8. The molecule has 0 bridgehead atoms. The van der Waals surface area contributed by atoms with Gasteiger partial charge in [-0.15, -0.1) is 11.3 Å². The lowest BCUT2D eigenvalue weighted by molar-refractivity contribution is 0.659. The van der Waals surface area contributed by atoms with Gasteiger partial charge < -0.3 is 11.1 Å². The Balaban J connectivity index is 1.10. The van der Waals surface area contributed by atoms with E-state index >= 15 is 0 Å². The second kappa shape index (κ2) is 12.1. The number of hydrogen-bond donors (Lipinski definition) is 2. The fourth-order valence-electron chi connectivity index (χ4n) is 7.81. The lowest BCUT2D eigenvalue weighted by Crippen LogP contribution is -2.28. The molecule has 1 aliphatic carbocycles. The molecule has 1 unspecified atom stereocenters. The summed E-state index contributed by atoms with van der Waals surface area (Å²) < 4.78 is 2.67. The topological polar surface area (TPSA) is 38.0 Å². The number of benzene rings is 7. The quantitative estimate of drug-likeness (QED) is 0.167. The van der Waals surface area contributed by atoms with Crippen molar-refractivity contribution in [2.45, 2.75) is 31.8 Å². The highest BCUT2D eigenvalue weighted by Crippen LogP contribution is 2.52. The standard InChI is InChI=1S/C47H38N2S/c1-47(2)40-17-10-16-37(45(40)39-28-33-13-6-7-14-34(33)29-41(39)47)42(49-46(48)32-11-4-3-5-12-32)25-21-30-19-22-31(23-20-30)35-24-26-44-38(27-35)36-15-8-9-18-43(36)50-44/h3-20,22-29,46,49H,21,48H2,1-2H3/b42-25-. The third kappa shape index (κ3) is 5.22. The lowest BCUT2D eigenvalue weighted by atomic mass is 9.81. The second-order valence-corrected chi connectivity index (χ2v) is 15.0. The van der Waals surface area contributed by atoms with Crippen molar-refractivity contribution >= 4 is 48.0 Å². The molecule has 9 rings (SSSR count). The van der Waals surface area contributed by atoms with Crippen molar-refractivity contribution < 1.29 is 0 Å². The minimum atomic E-state index is -0.353. The van der Waals surface area contributed by atoms with Gasteiger partial charge >= 0.3 is 0 Å². The highest BCUT2D eigenvalue weighted by molar-refractivity contribution is 7.25. The van der Waals surface area contributed by atoms with Gasteiger partial charge in [-0.1, -0.05) is 141 Å². The Morgan fingerprint density at radius 3 is 2.18 bits per heavy atom. The van der Waals surface area contributed by atoms with Crippen LogP contribution in [0, 0.1) is 0 Å². The maximum absolute atomic E-state index is 6.87. The predicted molar refractivity (Wildman–Crippen MR) is 214 cm³/mol. The molecule has 3 N–H and O–H groups in total. The van der Waals surface area contributed by atoms with Gasteiger partial charge in [-0.2, -0.15) is 0 Å². The van der Waals surface area contributed by atoms with E-state index in [2.05, 4.69) is 159 Å². The van der Waals surface area contributed by atoms with Gasteiger partial charge in [-0.05, 0) is 92.0 Å². The smallest absolute Gasteiger partial charge is 0.101 e. The average molecular weight is 663 g/mol. The molecule has 0 radical (unpaired) electrons. The Morgan fingerprint density at radius 2 is 1.36 bits per heavy atom. The molecule has 50 heavy (non-hydrogen) atoms. The minimum Gasteiger partial charge on any atom is -0.366 e. The maximum atomic E-state index is 6.87. The van der Waals surface area contributed by atoms with Crippen molar-refractivity contribution in [3.63, 3.8) is 0 Å². The number of fused-ring (bicyclic) bond motifs is 7. The summed E-state index contributed by atoms with van der Waals surface area (Å²) in [4.78, 5) is 0. The monoisotopic (exact) mass is 662 g/mol. The van der Waals surface area contributed by atoms with Crippen molar-refractivity contribution in [2.75, 3.05) is 0 Å². The number of allylic oxidation sites excluding steroid dienone is 1. The van der Waals surface area contributed by atoms with Gasteiger partial charge in [0, 0.05) is 36.8 Å².